The zero-order valence-corrected chi connectivity index (χ0v) is 12.6. The van der Waals surface area contributed by atoms with Crippen LogP contribution in [0.5, 0.6) is 0 Å². The van der Waals surface area contributed by atoms with Crippen LogP contribution >= 0.6 is 11.3 Å². The fourth-order valence-electron chi connectivity index (χ4n) is 2.52. The first kappa shape index (κ1) is 14.0. The minimum atomic E-state index is 0.237. The second kappa shape index (κ2) is 5.68. The molecule has 0 spiro atoms. The van der Waals surface area contributed by atoms with E-state index in [1.54, 1.807) is 0 Å². The SMILES string of the molecule is CCOC1CC(NCc2ncc(CC)s2)C1(C)C. The molecule has 4 heteroatoms. The predicted octanol–water partition coefficient (Wildman–Crippen LogP) is 3.00. The van der Waals surface area contributed by atoms with Crippen LogP contribution in [-0.2, 0) is 17.7 Å². The molecule has 0 bridgehead atoms. The highest BCUT2D eigenvalue weighted by Crippen LogP contribution is 2.42. The Bertz CT molecular complexity index is 389. The first-order chi connectivity index (χ1) is 8.57. The second-order valence-corrected chi connectivity index (χ2v) is 6.71. The van der Waals surface area contributed by atoms with E-state index in [0.29, 0.717) is 12.1 Å². The number of ether oxygens (including phenoxy) is 1. The quantitative estimate of drug-likeness (QED) is 0.861. The minimum Gasteiger partial charge on any atom is -0.378 e. The van der Waals surface area contributed by atoms with Crippen molar-refractivity contribution in [1.29, 1.82) is 0 Å². The Morgan fingerprint density at radius 2 is 2.28 bits per heavy atom. The van der Waals surface area contributed by atoms with Gasteiger partial charge in [0.15, 0.2) is 0 Å². The summed E-state index contributed by atoms with van der Waals surface area (Å²) < 4.78 is 5.74. The molecular formula is C14H24N2OS. The fraction of sp³-hybridized carbons (Fsp3) is 0.786. The monoisotopic (exact) mass is 268 g/mol. The van der Waals surface area contributed by atoms with E-state index < -0.39 is 0 Å². The van der Waals surface area contributed by atoms with Gasteiger partial charge in [0.1, 0.15) is 5.01 Å². The van der Waals surface area contributed by atoms with Gasteiger partial charge in [0.05, 0.1) is 6.10 Å². The van der Waals surface area contributed by atoms with E-state index in [-0.39, 0.29) is 5.41 Å². The van der Waals surface area contributed by atoms with Crippen molar-refractivity contribution in [3.05, 3.63) is 16.1 Å². The topological polar surface area (TPSA) is 34.1 Å². The molecule has 0 radical (unpaired) electrons. The summed E-state index contributed by atoms with van der Waals surface area (Å²) in [5.74, 6) is 0. The van der Waals surface area contributed by atoms with Crippen molar-refractivity contribution in [2.75, 3.05) is 6.61 Å². The lowest BCUT2D eigenvalue weighted by Crippen LogP contribution is -2.60. The highest BCUT2D eigenvalue weighted by atomic mass is 32.1. The minimum absolute atomic E-state index is 0.237. The molecule has 2 rings (SSSR count). The van der Waals surface area contributed by atoms with Gasteiger partial charge in [-0.1, -0.05) is 20.8 Å². The zero-order valence-electron chi connectivity index (χ0n) is 11.8. The number of thiazole rings is 1. The van der Waals surface area contributed by atoms with Crippen LogP contribution in [0.4, 0.5) is 0 Å². The lowest BCUT2D eigenvalue weighted by atomic mass is 9.64. The molecule has 1 aromatic rings. The van der Waals surface area contributed by atoms with Crippen LogP contribution in [0.2, 0.25) is 0 Å². The maximum absolute atomic E-state index is 5.74. The smallest absolute Gasteiger partial charge is 0.107 e. The molecule has 2 unspecified atom stereocenters. The van der Waals surface area contributed by atoms with E-state index in [4.69, 9.17) is 4.74 Å². The van der Waals surface area contributed by atoms with E-state index >= 15 is 0 Å². The molecule has 3 nitrogen and oxygen atoms in total. The van der Waals surface area contributed by atoms with E-state index in [0.717, 1.165) is 26.0 Å². The van der Waals surface area contributed by atoms with Crippen molar-refractivity contribution >= 4 is 11.3 Å². The molecule has 1 aromatic heterocycles. The first-order valence-electron chi connectivity index (χ1n) is 6.86. The zero-order chi connectivity index (χ0) is 13.2. The molecule has 18 heavy (non-hydrogen) atoms. The molecule has 1 N–H and O–H groups in total. The summed E-state index contributed by atoms with van der Waals surface area (Å²) in [4.78, 5) is 5.81. The standard InChI is InChI=1S/C14H24N2OS/c1-5-10-8-16-13(18-10)9-15-11-7-12(17-6-2)14(11,3)4/h8,11-12,15H,5-7,9H2,1-4H3. The third-order valence-corrected chi connectivity index (χ3v) is 5.14. The molecule has 102 valence electrons. The van der Waals surface area contributed by atoms with E-state index in [1.807, 2.05) is 17.5 Å². The van der Waals surface area contributed by atoms with Gasteiger partial charge in [0, 0.05) is 35.7 Å². The Morgan fingerprint density at radius 3 is 2.83 bits per heavy atom. The second-order valence-electron chi connectivity index (χ2n) is 5.51. The number of hydrogen-bond donors (Lipinski definition) is 1. The predicted molar refractivity (Wildman–Crippen MR) is 75.9 cm³/mol. The highest BCUT2D eigenvalue weighted by molar-refractivity contribution is 7.11. The van der Waals surface area contributed by atoms with Gasteiger partial charge in [0.25, 0.3) is 0 Å². The summed E-state index contributed by atoms with van der Waals surface area (Å²) in [5.41, 5.74) is 0.237. The van der Waals surface area contributed by atoms with Crippen LogP contribution in [-0.4, -0.2) is 23.7 Å². The lowest BCUT2D eigenvalue weighted by molar-refractivity contribution is -0.114. The third kappa shape index (κ3) is 2.76. The summed E-state index contributed by atoms with van der Waals surface area (Å²) >= 11 is 1.82. The summed E-state index contributed by atoms with van der Waals surface area (Å²) in [5, 5.41) is 4.82. The van der Waals surface area contributed by atoms with Crippen LogP contribution < -0.4 is 5.32 Å². The Kier molecular flexibility index (Phi) is 4.41. The Balaban J connectivity index is 1.81. The average Bonchev–Trinajstić information content (AvgIpc) is 2.80. The van der Waals surface area contributed by atoms with E-state index in [2.05, 4.69) is 38.0 Å². The van der Waals surface area contributed by atoms with Gasteiger partial charge in [-0.2, -0.15) is 0 Å². The van der Waals surface area contributed by atoms with Crippen molar-refractivity contribution < 1.29 is 4.74 Å². The molecule has 1 aliphatic carbocycles. The Labute approximate surface area is 114 Å². The summed E-state index contributed by atoms with van der Waals surface area (Å²) in [6, 6.07) is 0.544. The molecule has 0 amide bonds. The summed E-state index contributed by atoms with van der Waals surface area (Å²) in [7, 11) is 0. The number of nitrogens with one attached hydrogen (secondary N) is 1. The molecule has 1 fully saturated rings. The van der Waals surface area contributed by atoms with Gasteiger partial charge in [0.2, 0.25) is 0 Å². The van der Waals surface area contributed by atoms with Gasteiger partial charge in [-0.05, 0) is 19.8 Å². The first-order valence-corrected chi connectivity index (χ1v) is 7.68. The number of nitrogens with zero attached hydrogens (tertiary/aromatic N) is 1. The molecule has 0 aliphatic heterocycles. The van der Waals surface area contributed by atoms with Crippen molar-refractivity contribution in [3.8, 4) is 0 Å². The Hall–Kier alpha value is -0.450. The van der Waals surface area contributed by atoms with Gasteiger partial charge < -0.3 is 10.1 Å². The van der Waals surface area contributed by atoms with Gasteiger partial charge in [-0.15, -0.1) is 11.3 Å². The number of rotatable bonds is 6. The van der Waals surface area contributed by atoms with Crippen LogP contribution in [0.25, 0.3) is 0 Å². The Morgan fingerprint density at radius 1 is 1.50 bits per heavy atom. The van der Waals surface area contributed by atoms with Crippen LogP contribution in [0.1, 0.15) is 44.0 Å². The maximum Gasteiger partial charge on any atom is 0.107 e. The van der Waals surface area contributed by atoms with Crippen molar-refractivity contribution in [3.63, 3.8) is 0 Å². The number of aryl methyl sites for hydroxylation is 1. The fourth-order valence-corrected chi connectivity index (χ4v) is 3.33. The maximum atomic E-state index is 5.74. The molecule has 0 saturated heterocycles. The van der Waals surface area contributed by atoms with Crippen molar-refractivity contribution in [2.24, 2.45) is 5.41 Å². The van der Waals surface area contributed by atoms with E-state index in [1.165, 1.54) is 9.88 Å². The van der Waals surface area contributed by atoms with E-state index in [9.17, 15) is 0 Å². The molecule has 1 aliphatic rings. The number of hydrogen-bond acceptors (Lipinski definition) is 4. The molecule has 1 heterocycles. The largest absolute Gasteiger partial charge is 0.378 e. The highest BCUT2D eigenvalue weighted by Gasteiger charge is 2.48. The normalized spacial score (nSPS) is 26.0. The molecule has 1 saturated carbocycles. The average molecular weight is 268 g/mol. The lowest BCUT2D eigenvalue weighted by Gasteiger charge is -2.51. The molecular weight excluding hydrogens is 244 g/mol. The van der Waals surface area contributed by atoms with Gasteiger partial charge in [-0.3, -0.25) is 0 Å². The summed E-state index contributed by atoms with van der Waals surface area (Å²) in [6.07, 6.45) is 4.60. The van der Waals surface area contributed by atoms with Crippen molar-refractivity contribution in [2.45, 2.75) is 59.2 Å². The third-order valence-electron chi connectivity index (χ3n) is 4.00. The van der Waals surface area contributed by atoms with Crippen LogP contribution in [0.3, 0.4) is 0 Å². The number of aromatic nitrogens is 1. The van der Waals surface area contributed by atoms with Gasteiger partial charge in [-0.25, -0.2) is 4.98 Å². The molecule has 2 atom stereocenters. The summed E-state index contributed by atoms with van der Waals surface area (Å²) in [6.45, 7) is 10.5. The van der Waals surface area contributed by atoms with Crippen LogP contribution in [0.15, 0.2) is 6.20 Å². The van der Waals surface area contributed by atoms with Crippen LogP contribution in [0, 0.1) is 5.41 Å². The van der Waals surface area contributed by atoms with Gasteiger partial charge >= 0.3 is 0 Å². The molecule has 0 aromatic carbocycles. The van der Waals surface area contributed by atoms with Crippen molar-refractivity contribution in [1.82, 2.24) is 10.3 Å².